The lowest BCUT2D eigenvalue weighted by molar-refractivity contribution is -0.136. The maximum Gasteiger partial charge on any atom is 0.261 e. The molecule has 2 heterocycles. The first-order valence-electron chi connectivity index (χ1n) is 8.82. The minimum absolute atomic E-state index is 0.0220. The van der Waals surface area contributed by atoms with Gasteiger partial charge >= 0.3 is 0 Å². The molecular weight excluding hydrogens is 434 g/mol. The normalized spacial score (nSPS) is 18.4. The van der Waals surface area contributed by atoms with Crippen LogP contribution in [-0.4, -0.2) is 43.4 Å². The van der Waals surface area contributed by atoms with Crippen molar-refractivity contribution in [1.29, 1.82) is 0 Å². The van der Waals surface area contributed by atoms with E-state index in [4.69, 9.17) is 9.15 Å². The van der Waals surface area contributed by atoms with Crippen LogP contribution in [0.3, 0.4) is 0 Å². The van der Waals surface area contributed by atoms with E-state index in [9.17, 15) is 13.2 Å². The summed E-state index contributed by atoms with van der Waals surface area (Å²) in [6.07, 6.45) is 1.36. The highest BCUT2D eigenvalue weighted by Crippen LogP contribution is 2.23. The summed E-state index contributed by atoms with van der Waals surface area (Å²) < 4.78 is 35.4. The summed E-state index contributed by atoms with van der Waals surface area (Å²) in [5.41, 5.74) is 1.19. The molecule has 0 unspecified atom stereocenters. The number of halogens is 1. The van der Waals surface area contributed by atoms with Gasteiger partial charge in [0.2, 0.25) is 0 Å². The number of rotatable bonds is 7. The lowest BCUT2D eigenvalue weighted by atomic mass is 10.2. The average molecular weight is 456 g/mol. The maximum atomic E-state index is 12.8. The molecule has 1 fully saturated rings. The first kappa shape index (κ1) is 19.9. The van der Waals surface area contributed by atoms with Crippen molar-refractivity contribution in [2.45, 2.75) is 32.4 Å². The lowest BCUT2D eigenvalue weighted by Gasteiger charge is -2.27. The summed E-state index contributed by atoms with van der Waals surface area (Å²) in [5.74, 6) is 1.02. The Morgan fingerprint density at radius 1 is 1.26 bits per heavy atom. The smallest absolute Gasteiger partial charge is 0.261 e. The molecule has 0 radical (unpaired) electrons. The molecule has 6 nitrogen and oxygen atoms in total. The molecule has 146 valence electrons. The summed E-state index contributed by atoms with van der Waals surface area (Å²) in [5, 5.41) is 0. The maximum absolute atomic E-state index is 12.8. The molecule has 8 heteroatoms. The van der Waals surface area contributed by atoms with Gasteiger partial charge in [-0.3, -0.25) is 4.79 Å². The van der Waals surface area contributed by atoms with E-state index < -0.39 is 9.84 Å². The summed E-state index contributed by atoms with van der Waals surface area (Å²) in [6, 6.07) is 10.7. The third kappa shape index (κ3) is 5.35. The highest BCUT2D eigenvalue weighted by atomic mass is 79.9. The van der Waals surface area contributed by atoms with E-state index in [1.807, 2.05) is 24.3 Å². The van der Waals surface area contributed by atoms with Crippen LogP contribution >= 0.6 is 15.9 Å². The van der Waals surface area contributed by atoms with E-state index in [2.05, 4.69) is 22.9 Å². The van der Waals surface area contributed by atoms with Crippen LogP contribution in [-0.2, 0) is 27.6 Å². The summed E-state index contributed by atoms with van der Waals surface area (Å²) in [4.78, 5) is 14.4. The molecule has 1 aromatic carbocycles. The number of furan rings is 1. The van der Waals surface area contributed by atoms with Gasteiger partial charge in [0.25, 0.3) is 5.91 Å². The molecule has 0 aliphatic carbocycles. The number of nitrogens with zero attached hydrogens (tertiary/aromatic N) is 1. The minimum Gasteiger partial charge on any atom is -0.484 e. The van der Waals surface area contributed by atoms with E-state index in [0.29, 0.717) is 22.6 Å². The van der Waals surface area contributed by atoms with Crippen molar-refractivity contribution in [2.75, 3.05) is 18.1 Å². The molecular formula is C19H22BrNO5S. The molecule has 1 aliphatic heterocycles. The Bertz CT molecular complexity index is 891. The molecule has 2 aromatic rings. The van der Waals surface area contributed by atoms with Gasteiger partial charge < -0.3 is 14.1 Å². The summed E-state index contributed by atoms with van der Waals surface area (Å²) in [7, 11) is -3.11. The van der Waals surface area contributed by atoms with Crippen LogP contribution in [0, 0.1) is 0 Å². The predicted molar refractivity (Wildman–Crippen MR) is 105 cm³/mol. The Morgan fingerprint density at radius 3 is 2.56 bits per heavy atom. The molecule has 0 saturated carbocycles. The van der Waals surface area contributed by atoms with Crippen molar-refractivity contribution in [2.24, 2.45) is 0 Å². The molecule has 1 aromatic heterocycles. The highest BCUT2D eigenvalue weighted by molar-refractivity contribution is 9.10. The molecule has 1 saturated heterocycles. The number of hydrogen-bond donors (Lipinski definition) is 0. The van der Waals surface area contributed by atoms with Crippen molar-refractivity contribution < 1.29 is 22.4 Å². The Hall–Kier alpha value is -1.80. The third-order valence-electron chi connectivity index (χ3n) is 4.62. The molecule has 1 atom stereocenters. The van der Waals surface area contributed by atoms with Crippen LogP contribution in [0.1, 0.15) is 24.7 Å². The second kappa shape index (κ2) is 8.48. The van der Waals surface area contributed by atoms with Crippen molar-refractivity contribution in [1.82, 2.24) is 4.90 Å². The first-order chi connectivity index (χ1) is 12.9. The standard InChI is InChI=1S/C19H22BrNO5S/c1-2-14-3-5-16(6-4-14)25-12-19(22)21(11-17-7-8-18(20)26-17)15-9-10-27(23,24)13-15/h3-8,15H,2,9-13H2,1H3/t15-/m1/s1. The van der Waals surface area contributed by atoms with Crippen LogP contribution in [0.15, 0.2) is 45.5 Å². The van der Waals surface area contributed by atoms with Crippen LogP contribution < -0.4 is 4.74 Å². The first-order valence-corrected chi connectivity index (χ1v) is 11.4. The van der Waals surface area contributed by atoms with Crippen molar-refractivity contribution in [3.05, 3.63) is 52.4 Å². The zero-order valence-electron chi connectivity index (χ0n) is 15.1. The van der Waals surface area contributed by atoms with Crippen molar-refractivity contribution in [3.8, 4) is 5.75 Å². The topological polar surface area (TPSA) is 76.8 Å². The van der Waals surface area contributed by atoms with Crippen LogP contribution in [0.5, 0.6) is 5.75 Å². The number of ether oxygens (including phenoxy) is 1. The van der Waals surface area contributed by atoms with Crippen LogP contribution in [0.25, 0.3) is 0 Å². The monoisotopic (exact) mass is 455 g/mol. The fraction of sp³-hybridized carbons (Fsp3) is 0.421. The Morgan fingerprint density at radius 2 is 2.00 bits per heavy atom. The van der Waals surface area contributed by atoms with Crippen LogP contribution in [0.2, 0.25) is 0 Å². The highest BCUT2D eigenvalue weighted by Gasteiger charge is 2.35. The number of carbonyl (C=O) groups excluding carboxylic acids is 1. The van der Waals surface area contributed by atoms with Gasteiger partial charge in [-0.15, -0.1) is 0 Å². The van der Waals surface area contributed by atoms with E-state index in [0.717, 1.165) is 6.42 Å². The van der Waals surface area contributed by atoms with Gasteiger partial charge in [0.15, 0.2) is 21.1 Å². The van der Waals surface area contributed by atoms with E-state index >= 15 is 0 Å². The second-order valence-corrected chi connectivity index (χ2v) is 9.58. The fourth-order valence-electron chi connectivity index (χ4n) is 3.10. The number of carbonyl (C=O) groups is 1. The zero-order valence-corrected chi connectivity index (χ0v) is 17.5. The number of sulfone groups is 1. The molecule has 0 N–H and O–H groups in total. The van der Waals surface area contributed by atoms with E-state index in [1.165, 1.54) is 5.56 Å². The van der Waals surface area contributed by atoms with Crippen LogP contribution in [0.4, 0.5) is 0 Å². The fourth-order valence-corrected chi connectivity index (χ4v) is 5.17. The van der Waals surface area contributed by atoms with Gasteiger partial charge in [-0.2, -0.15) is 0 Å². The molecule has 0 bridgehead atoms. The van der Waals surface area contributed by atoms with Gasteiger partial charge in [0.05, 0.1) is 18.1 Å². The SMILES string of the molecule is CCc1ccc(OCC(=O)N(Cc2ccc(Br)o2)[C@@H]2CCS(=O)(=O)C2)cc1. The van der Waals surface area contributed by atoms with Gasteiger partial charge in [0.1, 0.15) is 11.5 Å². The largest absolute Gasteiger partial charge is 0.484 e. The Labute approximate surface area is 167 Å². The number of amides is 1. The summed E-state index contributed by atoms with van der Waals surface area (Å²) in [6.45, 7) is 2.13. The number of aryl methyl sites for hydroxylation is 1. The van der Waals surface area contributed by atoms with Crippen molar-refractivity contribution in [3.63, 3.8) is 0 Å². The number of benzene rings is 1. The summed E-state index contributed by atoms with van der Waals surface area (Å²) >= 11 is 3.24. The third-order valence-corrected chi connectivity index (χ3v) is 6.80. The average Bonchev–Trinajstić information content (AvgIpc) is 3.22. The Kier molecular flexibility index (Phi) is 6.26. The van der Waals surface area contributed by atoms with E-state index in [-0.39, 0.29) is 36.6 Å². The van der Waals surface area contributed by atoms with Gasteiger partial charge in [-0.1, -0.05) is 19.1 Å². The second-order valence-electron chi connectivity index (χ2n) is 6.57. The zero-order chi connectivity index (χ0) is 19.4. The van der Waals surface area contributed by atoms with Gasteiger partial charge in [-0.25, -0.2) is 8.42 Å². The molecule has 3 rings (SSSR count). The van der Waals surface area contributed by atoms with E-state index in [1.54, 1.807) is 17.0 Å². The van der Waals surface area contributed by atoms with Gasteiger partial charge in [-0.05, 0) is 58.6 Å². The Balaban J connectivity index is 1.69. The van der Waals surface area contributed by atoms with Gasteiger partial charge in [0, 0.05) is 6.04 Å². The minimum atomic E-state index is -3.11. The molecule has 27 heavy (non-hydrogen) atoms. The quantitative estimate of drug-likeness (QED) is 0.640. The molecule has 1 amide bonds. The predicted octanol–water partition coefficient (Wildman–Crippen LogP) is 3.20. The molecule has 0 spiro atoms. The number of hydrogen-bond acceptors (Lipinski definition) is 5. The lowest BCUT2D eigenvalue weighted by Crippen LogP contribution is -2.43. The molecule has 1 aliphatic rings. The van der Waals surface area contributed by atoms with Crippen molar-refractivity contribution >= 4 is 31.7 Å².